The molecule has 0 aliphatic heterocycles. The van der Waals surface area contributed by atoms with Gasteiger partial charge in [-0.3, -0.25) is 0 Å². The molecule has 1 saturated carbocycles. The normalized spacial score (nSPS) is 26.0. The number of rotatable bonds is 3. The molecule has 3 unspecified atom stereocenters. The second-order valence-electron chi connectivity index (χ2n) is 6.32. The first-order valence-electron chi connectivity index (χ1n) is 7.38. The Morgan fingerprint density at radius 1 is 1.22 bits per heavy atom. The Hall–Kier alpha value is -0.820. The van der Waals surface area contributed by atoms with Crippen molar-refractivity contribution in [2.45, 2.75) is 58.9 Å². The molecule has 18 heavy (non-hydrogen) atoms. The van der Waals surface area contributed by atoms with Crippen LogP contribution in [-0.2, 0) is 6.42 Å². The summed E-state index contributed by atoms with van der Waals surface area (Å²) in [6, 6.07) is 7.12. The third kappa shape index (κ3) is 3.35. The lowest BCUT2D eigenvalue weighted by molar-refractivity contribution is 0.245. The fourth-order valence-corrected chi connectivity index (χ4v) is 3.24. The van der Waals surface area contributed by atoms with Gasteiger partial charge in [-0.15, -0.1) is 0 Å². The predicted octanol–water partition coefficient (Wildman–Crippen LogP) is 4.00. The van der Waals surface area contributed by atoms with Crippen molar-refractivity contribution >= 4 is 0 Å². The third-order valence-corrected chi connectivity index (χ3v) is 4.63. The summed E-state index contributed by atoms with van der Waals surface area (Å²) in [4.78, 5) is 0. The van der Waals surface area contributed by atoms with Gasteiger partial charge in [0, 0.05) is 6.04 Å². The van der Waals surface area contributed by atoms with Gasteiger partial charge < -0.3 is 5.73 Å². The molecule has 2 rings (SSSR count). The van der Waals surface area contributed by atoms with E-state index in [1.165, 1.54) is 42.4 Å². The van der Waals surface area contributed by atoms with Crippen LogP contribution in [0.2, 0.25) is 0 Å². The number of benzene rings is 1. The van der Waals surface area contributed by atoms with E-state index < -0.39 is 0 Å². The fourth-order valence-electron chi connectivity index (χ4n) is 3.24. The summed E-state index contributed by atoms with van der Waals surface area (Å²) in [5.74, 6) is 1.60. The molecule has 0 bridgehead atoms. The second kappa shape index (κ2) is 5.88. The van der Waals surface area contributed by atoms with Crippen molar-refractivity contribution in [2.24, 2.45) is 17.6 Å². The number of hydrogen-bond donors (Lipinski definition) is 1. The van der Waals surface area contributed by atoms with Crippen LogP contribution in [0.1, 0.15) is 49.3 Å². The molecule has 0 amide bonds. The molecule has 1 nitrogen and oxygen atoms in total. The molecule has 1 aromatic rings. The maximum atomic E-state index is 6.43. The van der Waals surface area contributed by atoms with Crippen LogP contribution >= 0.6 is 0 Å². The molecular formula is C17H27N. The van der Waals surface area contributed by atoms with Gasteiger partial charge in [-0.2, -0.15) is 0 Å². The van der Waals surface area contributed by atoms with Crippen LogP contribution in [0.5, 0.6) is 0 Å². The molecule has 0 spiro atoms. The van der Waals surface area contributed by atoms with E-state index in [9.17, 15) is 0 Å². The van der Waals surface area contributed by atoms with E-state index >= 15 is 0 Å². The maximum absolute atomic E-state index is 6.43. The van der Waals surface area contributed by atoms with Gasteiger partial charge in [0.15, 0.2) is 0 Å². The molecule has 0 heterocycles. The van der Waals surface area contributed by atoms with Crippen LogP contribution in [0, 0.1) is 25.7 Å². The van der Waals surface area contributed by atoms with E-state index in [4.69, 9.17) is 5.73 Å². The van der Waals surface area contributed by atoms with Crippen molar-refractivity contribution in [1.82, 2.24) is 0 Å². The minimum absolute atomic E-state index is 0.342. The van der Waals surface area contributed by atoms with Gasteiger partial charge in [0.05, 0.1) is 0 Å². The highest BCUT2D eigenvalue weighted by molar-refractivity contribution is 5.30. The standard InChI is InChI=1S/C17H27N/c1-12-5-4-6-16(9-12)17(18)11-15-8-7-13(2)14(3)10-15/h7-8,10,12,16-17H,4-6,9,11,18H2,1-3H3. The van der Waals surface area contributed by atoms with Gasteiger partial charge in [-0.1, -0.05) is 38.0 Å². The van der Waals surface area contributed by atoms with Gasteiger partial charge in [0.1, 0.15) is 0 Å². The molecule has 1 aromatic carbocycles. The van der Waals surface area contributed by atoms with Gasteiger partial charge in [0.25, 0.3) is 0 Å². The van der Waals surface area contributed by atoms with Crippen molar-refractivity contribution < 1.29 is 0 Å². The molecule has 0 radical (unpaired) electrons. The Balaban J connectivity index is 1.97. The molecule has 1 heteroatoms. The van der Waals surface area contributed by atoms with Gasteiger partial charge >= 0.3 is 0 Å². The van der Waals surface area contributed by atoms with Crippen LogP contribution < -0.4 is 5.73 Å². The Kier molecular flexibility index (Phi) is 4.45. The largest absolute Gasteiger partial charge is 0.327 e. The van der Waals surface area contributed by atoms with E-state index in [0.717, 1.165) is 18.3 Å². The molecule has 0 saturated heterocycles. The van der Waals surface area contributed by atoms with Crippen molar-refractivity contribution in [1.29, 1.82) is 0 Å². The van der Waals surface area contributed by atoms with E-state index in [0.29, 0.717) is 6.04 Å². The first-order chi connectivity index (χ1) is 8.56. The van der Waals surface area contributed by atoms with E-state index in [-0.39, 0.29) is 0 Å². The number of aryl methyl sites for hydroxylation is 2. The van der Waals surface area contributed by atoms with E-state index in [1.54, 1.807) is 0 Å². The lowest BCUT2D eigenvalue weighted by Gasteiger charge is -2.31. The zero-order valence-corrected chi connectivity index (χ0v) is 12.1. The van der Waals surface area contributed by atoms with Gasteiger partial charge in [-0.05, 0) is 61.6 Å². The van der Waals surface area contributed by atoms with Crippen molar-refractivity contribution in [3.05, 3.63) is 34.9 Å². The summed E-state index contributed by atoms with van der Waals surface area (Å²) in [6.07, 6.45) is 6.46. The zero-order valence-electron chi connectivity index (χ0n) is 12.1. The Morgan fingerprint density at radius 2 is 2.00 bits per heavy atom. The lowest BCUT2D eigenvalue weighted by Crippen LogP contribution is -2.35. The van der Waals surface area contributed by atoms with Crippen molar-refractivity contribution in [3.63, 3.8) is 0 Å². The fraction of sp³-hybridized carbons (Fsp3) is 0.647. The first-order valence-corrected chi connectivity index (χ1v) is 7.38. The molecular weight excluding hydrogens is 218 g/mol. The quantitative estimate of drug-likeness (QED) is 0.856. The Labute approximate surface area is 112 Å². The lowest BCUT2D eigenvalue weighted by atomic mass is 9.77. The summed E-state index contributed by atoms with van der Waals surface area (Å²) >= 11 is 0. The van der Waals surface area contributed by atoms with Crippen molar-refractivity contribution in [2.75, 3.05) is 0 Å². The molecule has 2 N–H and O–H groups in total. The van der Waals surface area contributed by atoms with Gasteiger partial charge in [-0.25, -0.2) is 0 Å². The molecule has 1 aliphatic carbocycles. The molecule has 1 aliphatic rings. The molecule has 0 aromatic heterocycles. The zero-order chi connectivity index (χ0) is 13.1. The maximum Gasteiger partial charge on any atom is 0.0108 e. The Morgan fingerprint density at radius 3 is 2.67 bits per heavy atom. The van der Waals surface area contributed by atoms with Gasteiger partial charge in [0.2, 0.25) is 0 Å². The SMILES string of the molecule is Cc1ccc(CC(N)C2CCCC(C)C2)cc1C. The van der Waals surface area contributed by atoms with E-state index in [2.05, 4.69) is 39.0 Å². The van der Waals surface area contributed by atoms with Crippen LogP contribution in [-0.4, -0.2) is 6.04 Å². The average molecular weight is 245 g/mol. The summed E-state index contributed by atoms with van der Waals surface area (Å²) in [5, 5.41) is 0. The topological polar surface area (TPSA) is 26.0 Å². The highest BCUT2D eigenvalue weighted by Gasteiger charge is 2.24. The number of nitrogens with two attached hydrogens (primary N) is 1. The minimum atomic E-state index is 0.342. The van der Waals surface area contributed by atoms with Crippen LogP contribution in [0.15, 0.2) is 18.2 Å². The predicted molar refractivity (Wildman–Crippen MR) is 78.7 cm³/mol. The highest BCUT2D eigenvalue weighted by atomic mass is 14.7. The summed E-state index contributed by atoms with van der Waals surface area (Å²) in [6.45, 7) is 6.73. The smallest absolute Gasteiger partial charge is 0.0108 e. The second-order valence-corrected chi connectivity index (χ2v) is 6.32. The molecule has 1 fully saturated rings. The summed E-state index contributed by atoms with van der Waals surface area (Å²) in [7, 11) is 0. The van der Waals surface area contributed by atoms with Crippen LogP contribution in [0.3, 0.4) is 0 Å². The molecule has 3 atom stereocenters. The monoisotopic (exact) mass is 245 g/mol. The first kappa shape index (κ1) is 13.6. The highest BCUT2D eigenvalue weighted by Crippen LogP contribution is 2.31. The summed E-state index contributed by atoms with van der Waals surface area (Å²) < 4.78 is 0. The minimum Gasteiger partial charge on any atom is -0.327 e. The Bertz CT molecular complexity index is 397. The number of hydrogen-bond acceptors (Lipinski definition) is 1. The third-order valence-electron chi connectivity index (χ3n) is 4.63. The van der Waals surface area contributed by atoms with E-state index in [1.807, 2.05) is 0 Å². The van der Waals surface area contributed by atoms with Crippen molar-refractivity contribution in [3.8, 4) is 0 Å². The average Bonchev–Trinajstić information content (AvgIpc) is 2.34. The van der Waals surface area contributed by atoms with Crippen LogP contribution in [0.25, 0.3) is 0 Å². The summed E-state index contributed by atoms with van der Waals surface area (Å²) in [5.41, 5.74) is 10.6. The molecule has 100 valence electrons. The van der Waals surface area contributed by atoms with Crippen LogP contribution in [0.4, 0.5) is 0 Å².